The minimum absolute atomic E-state index is 0.00716. The highest BCUT2D eigenvalue weighted by molar-refractivity contribution is 5.87. The molecule has 26 heavy (non-hydrogen) atoms. The molecule has 0 fully saturated rings. The number of para-hydroxylation sites is 1. The number of nitrogens with zero attached hydrogens (tertiary/aromatic N) is 4. The fourth-order valence-corrected chi connectivity index (χ4v) is 2.97. The zero-order valence-electron chi connectivity index (χ0n) is 14.2. The summed E-state index contributed by atoms with van der Waals surface area (Å²) in [6.07, 6.45) is 3.97. The van der Waals surface area contributed by atoms with Crippen LogP contribution in [-0.4, -0.2) is 37.5 Å². The standard InChI is InChI=1S/C20H19N5O/c26-13-16(11-15-7-3-1-4-8-15)24-19-18-12-23-25(20(18)22-14-21-19)17-9-5-2-6-10-17/h1-10,12,14,16,26H,11,13H2,(H,21,22,24)/t16-/m1/s1. The summed E-state index contributed by atoms with van der Waals surface area (Å²) in [6, 6.07) is 19.8. The average molecular weight is 345 g/mol. The van der Waals surface area contributed by atoms with Gasteiger partial charge < -0.3 is 10.4 Å². The largest absolute Gasteiger partial charge is 0.394 e. The lowest BCUT2D eigenvalue weighted by Gasteiger charge is -2.17. The molecular weight excluding hydrogens is 326 g/mol. The van der Waals surface area contributed by atoms with Crippen molar-refractivity contribution >= 4 is 16.9 Å². The van der Waals surface area contributed by atoms with Crippen molar-refractivity contribution in [3.05, 3.63) is 78.8 Å². The van der Waals surface area contributed by atoms with Crippen LogP contribution in [-0.2, 0) is 6.42 Å². The Labute approximate surface area is 151 Å². The predicted octanol–water partition coefficient (Wildman–Crippen LogP) is 2.83. The molecule has 2 heterocycles. The molecule has 4 rings (SSSR count). The van der Waals surface area contributed by atoms with E-state index in [-0.39, 0.29) is 12.6 Å². The van der Waals surface area contributed by atoms with Crippen LogP contribution >= 0.6 is 0 Å². The number of aromatic nitrogens is 4. The van der Waals surface area contributed by atoms with Gasteiger partial charge in [0, 0.05) is 0 Å². The van der Waals surface area contributed by atoms with Crippen LogP contribution in [0.15, 0.2) is 73.2 Å². The molecule has 0 aliphatic carbocycles. The third kappa shape index (κ3) is 3.27. The first-order valence-electron chi connectivity index (χ1n) is 8.50. The highest BCUT2D eigenvalue weighted by Crippen LogP contribution is 2.22. The van der Waals surface area contributed by atoms with Crippen molar-refractivity contribution < 1.29 is 5.11 Å². The molecule has 0 unspecified atom stereocenters. The molecule has 130 valence electrons. The fourth-order valence-electron chi connectivity index (χ4n) is 2.97. The van der Waals surface area contributed by atoms with Gasteiger partial charge in [-0.05, 0) is 24.1 Å². The lowest BCUT2D eigenvalue weighted by Crippen LogP contribution is -2.27. The summed E-state index contributed by atoms with van der Waals surface area (Å²) in [7, 11) is 0. The molecule has 2 aromatic carbocycles. The molecule has 0 spiro atoms. The van der Waals surface area contributed by atoms with E-state index in [0.717, 1.165) is 22.3 Å². The van der Waals surface area contributed by atoms with Crippen LogP contribution in [0.1, 0.15) is 5.56 Å². The van der Waals surface area contributed by atoms with Crippen molar-refractivity contribution in [2.45, 2.75) is 12.5 Å². The van der Waals surface area contributed by atoms with E-state index in [1.54, 1.807) is 10.9 Å². The maximum atomic E-state index is 9.78. The van der Waals surface area contributed by atoms with E-state index in [1.165, 1.54) is 6.33 Å². The summed E-state index contributed by atoms with van der Waals surface area (Å²) in [4.78, 5) is 8.74. The molecule has 6 nitrogen and oxygen atoms in total. The maximum absolute atomic E-state index is 9.78. The number of fused-ring (bicyclic) bond motifs is 1. The number of nitrogens with one attached hydrogen (secondary N) is 1. The molecule has 0 amide bonds. The van der Waals surface area contributed by atoms with Crippen molar-refractivity contribution in [1.29, 1.82) is 0 Å². The second-order valence-corrected chi connectivity index (χ2v) is 6.07. The van der Waals surface area contributed by atoms with E-state index in [0.29, 0.717) is 12.2 Å². The number of aliphatic hydroxyl groups excluding tert-OH is 1. The van der Waals surface area contributed by atoms with Crippen molar-refractivity contribution in [3.8, 4) is 5.69 Å². The Balaban J connectivity index is 1.63. The minimum Gasteiger partial charge on any atom is -0.394 e. The topological polar surface area (TPSA) is 75.9 Å². The van der Waals surface area contributed by atoms with Crippen LogP contribution in [0.3, 0.4) is 0 Å². The Kier molecular flexibility index (Phi) is 4.57. The van der Waals surface area contributed by atoms with E-state index in [4.69, 9.17) is 0 Å². The van der Waals surface area contributed by atoms with Gasteiger partial charge >= 0.3 is 0 Å². The third-order valence-electron chi connectivity index (χ3n) is 4.25. The first-order valence-corrected chi connectivity index (χ1v) is 8.50. The number of hydrogen-bond acceptors (Lipinski definition) is 5. The minimum atomic E-state index is -0.143. The molecule has 2 N–H and O–H groups in total. The maximum Gasteiger partial charge on any atom is 0.168 e. The SMILES string of the molecule is OC[C@@H](Cc1ccccc1)Nc1ncnc2c1cnn2-c1ccccc1. The molecule has 0 saturated carbocycles. The van der Waals surface area contributed by atoms with Crippen LogP contribution < -0.4 is 5.32 Å². The zero-order valence-corrected chi connectivity index (χ0v) is 14.2. The lowest BCUT2D eigenvalue weighted by atomic mass is 10.1. The Morgan fingerprint density at radius 1 is 0.962 bits per heavy atom. The Hall–Kier alpha value is -3.25. The van der Waals surface area contributed by atoms with E-state index < -0.39 is 0 Å². The summed E-state index contributed by atoms with van der Waals surface area (Å²) >= 11 is 0. The molecule has 0 aliphatic heterocycles. The summed E-state index contributed by atoms with van der Waals surface area (Å²) in [6.45, 7) is 0.00716. The van der Waals surface area contributed by atoms with Crippen LogP contribution in [0, 0.1) is 0 Å². The average Bonchev–Trinajstić information content (AvgIpc) is 3.14. The smallest absolute Gasteiger partial charge is 0.168 e. The van der Waals surface area contributed by atoms with Gasteiger partial charge in [-0.3, -0.25) is 0 Å². The van der Waals surface area contributed by atoms with Gasteiger partial charge in [0.25, 0.3) is 0 Å². The van der Waals surface area contributed by atoms with E-state index >= 15 is 0 Å². The number of hydrogen-bond donors (Lipinski definition) is 2. The van der Waals surface area contributed by atoms with Gasteiger partial charge in [-0.2, -0.15) is 5.10 Å². The second-order valence-electron chi connectivity index (χ2n) is 6.07. The van der Waals surface area contributed by atoms with Gasteiger partial charge in [0.05, 0.1) is 29.9 Å². The van der Waals surface area contributed by atoms with E-state index in [9.17, 15) is 5.11 Å². The number of anilines is 1. The molecule has 2 aromatic heterocycles. The van der Waals surface area contributed by atoms with Crippen LogP contribution in [0.4, 0.5) is 5.82 Å². The quantitative estimate of drug-likeness (QED) is 0.562. The van der Waals surface area contributed by atoms with Crippen LogP contribution in [0.2, 0.25) is 0 Å². The van der Waals surface area contributed by atoms with Crippen molar-refractivity contribution in [2.75, 3.05) is 11.9 Å². The zero-order chi connectivity index (χ0) is 17.8. The first-order chi connectivity index (χ1) is 12.8. The lowest BCUT2D eigenvalue weighted by molar-refractivity contribution is 0.273. The van der Waals surface area contributed by atoms with Gasteiger partial charge in [-0.1, -0.05) is 48.5 Å². The highest BCUT2D eigenvalue weighted by atomic mass is 16.3. The summed E-state index contributed by atoms with van der Waals surface area (Å²) in [5.41, 5.74) is 2.82. The van der Waals surface area contributed by atoms with Gasteiger partial charge in [-0.25, -0.2) is 14.6 Å². The van der Waals surface area contributed by atoms with E-state index in [1.807, 2.05) is 60.7 Å². The summed E-state index contributed by atoms with van der Waals surface area (Å²) in [5, 5.41) is 18.4. The number of rotatable bonds is 6. The molecular formula is C20H19N5O. The molecule has 6 heteroatoms. The second kappa shape index (κ2) is 7.33. The van der Waals surface area contributed by atoms with Crippen molar-refractivity contribution in [2.24, 2.45) is 0 Å². The van der Waals surface area contributed by atoms with Gasteiger partial charge in [0.1, 0.15) is 12.1 Å². The van der Waals surface area contributed by atoms with E-state index in [2.05, 4.69) is 20.4 Å². The van der Waals surface area contributed by atoms with Gasteiger partial charge in [0.15, 0.2) is 5.65 Å². The molecule has 0 radical (unpaired) electrons. The van der Waals surface area contributed by atoms with Crippen LogP contribution in [0.25, 0.3) is 16.7 Å². The normalized spacial score (nSPS) is 12.2. The highest BCUT2D eigenvalue weighted by Gasteiger charge is 2.15. The summed E-state index contributed by atoms with van der Waals surface area (Å²) in [5.74, 6) is 0.673. The molecule has 0 bridgehead atoms. The Morgan fingerprint density at radius 2 is 1.69 bits per heavy atom. The van der Waals surface area contributed by atoms with Gasteiger partial charge in [-0.15, -0.1) is 0 Å². The Bertz CT molecular complexity index is 985. The monoisotopic (exact) mass is 345 g/mol. The predicted molar refractivity (Wildman–Crippen MR) is 101 cm³/mol. The molecule has 0 saturated heterocycles. The number of aliphatic hydroxyl groups is 1. The molecule has 1 atom stereocenters. The molecule has 0 aliphatic rings. The van der Waals surface area contributed by atoms with Crippen molar-refractivity contribution in [1.82, 2.24) is 19.7 Å². The number of benzene rings is 2. The van der Waals surface area contributed by atoms with Crippen LogP contribution in [0.5, 0.6) is 0 Å². The third-order valence-corrected chi connectivity index (χ3v) is 4.25. The molecule has 4 aromatic rings. The first kappa shape index (κ1) is 16.2. The Morgan fingerprint density at radius 3 is 2.42 bits per heavy atom. The van der Waals surface area contributed by atoms with Gasteiger partial charge in [0.2, 0.25) is 0 Å². The summed E-state index contributed by atoms with van der Waals surface area (Å²) < 4.78 is 1.79. The van der Waals surface area contributed by atoms with Crippen molar-refractivity contribution in [3.63, 3.8) is 0 Å². The fraction of sp³-hybridized carbons (Fsp3) is 0.150.